The summed E-state index contributed by atoms with van der Waals surface area (Å²) in [6, 6.07) is 4.19. The summed E-state index contributed by atoms with van der Waals surface area (Å²) < 4.78 is 0. The van der Waals surface area contributed by atoms with Gasteiger partial charge in [-0.05, 0) is 12.1 Å². The Morgan fingerprint density at radius 3 is 2.83 bits per heavy atom. The van der Waals surface area contributed by atoms with Crippen LogP contribution in [0.15, 0.2) is 18.3 Å². The molecule has 1 aliphatic rings. The lowest BCUT2D eigenvalue weighted by molar-refractivity contribution is 0.231. The van der Waals surface area contributed by atoms with Crippen LogP contribution in [-0.2, 0) is 6.54 Å². The van der Waals surface area contributed by atoms with Crippen LogP contribution < -0.4 is 5.32 Å². The number of rotatable bonds is 2. The first-order chi connectivity index (χ1) is 5.95. The third kappa shape index (κ3) is 1.87. The molecule has 2 N–H and O–H groups in total. The Bertz CT molecular complexity index is 212. The predicted octanol–water partition coefficient (Wildman–Crippen LogP) is 0.420. The fourth-order valence-corrected chi connectivity index (χ4v) is 1.58. The minimum Gasteiger partial charge on any atom is -0.364 e. The van der Waals surface area contributed by atoms with Gasteiger partial charge in [0.05, 0.1) is 0 Å². The van der Waals surface area contributed by atoms with E-state index in [0.717, 1.165) is 19.6 Å². The summed E-state index contributed by atoms with van der Waals surface area (Å²) in [6.45, 7) is 5.65. The molecule has 0 aliphatic carbocycles. The van der Waals surface area contributed by atoms with Crippen LogP contribution in [0.3, 0.4) is 0 Å². The zero-order valence-corrected chi connectivity index (χ0v) is 7.21. The summed E-state index contributed by atoms with van der Waals surface area (Å²) in [5, 5.41) is 3.34. The van der Waals surface area contributed by atoms with Crippen LogP contribution in [0, 0.1) is 0 Å². The molecule has 0 spiro atoms. The lowest BCUT2D eigenvalue weighted by Gasteiger charge is -2.26. The van der Waals surface area contributed by atoms with Crippen molar-refractivity contribution in [2.45, 2.75) is 6.54 Å². The summed E-state index contributed by atoms with van der Waals surface area (Å²) in [4.78, 5) is 5.68. The largest absolute Gasteiger partial charge is 0.364 e. The van der Waals surface area contributed by atoms with Crippen LogP contribution in [0.5, 0.6) is 0 Å². The van der Waals surface area contributed by atoms with E-state index in [4.69, 9.17) is 0 Å². The van der Waals surface area contributed by atoms with Crippen molar-refractivity contribution in [3.8, 4) is 0 Å². The van der Waals surface area contributed by atoms with E-state index in [-0.39, 0.29) is 0 Å². The molecule has 0 atom stereocenters. The van der Waals surface area contributed by atoms with Crippen LogP contribution in [0.2, 0.25) is 0 Å². The van der Waals surface area contributed by atoms with Gasteiger partial charge in [0.15, 0.2) is 0 Å². The molecule has 1 aromatic heterocycles. The van der Waals surface area contributed by atoms with Crippen molar-refractivity contribution < 1.29 is 0 Å². The highest BCUT2D eigenvalue weighted by Gasteiger charge is 2.09. The lowest BCUT2D eigenvalue weighted by Crippen LogP contribution is -2.42. The normalized spacial score (nSPS) is 19.7. The van der Waals surface area contributed by atoms with Gasteiger partial charge in [-0.1, -0.05) is 0 Å². The molecule has 2 heterocycles. The molecule has 0 saturated carbocycles. The second kappa shape index (κ2) is 3.74. The van der Waals surface area contributed by atoms with Crippen molar-refractivity contribution in [1.29, 1.82) is 0 Å². The maximum absolute atomic E-state index is 3.34. The Kier molecular flexibility index (Phi) is 2.44. The molecule has 1 saturated heterocycles. The van der Waals surface area contributed by atoms with E-state index < -0.39 is 0 Å². The molecule has 0 radical (unpaired) electrons. The highest BCUT2D eigenvalue weighted by molar-refractivity contribution is 5.03. The monoisotopic (exact) mass is 165 g/mol. The van der Waals surface area contributed by atoms with E-state index in [2.05, 4.69) is 27.3 Å². The number of hydrogen-bond acceptors (Lipinski definition) is 2. The summed E-state index contributed by atoms with van der Waals surface area (Å²) in [5.74, 6) is 0. The number of H-pyrrole nitrogens is 1. The maximum atomic E-state index is 3.34. The fourth-order valence-electron chi connectivity index (χ4n) is 1.58. The van der Waals surface area contributed by atoms with Gasteiger partial charge in [0.25, 0.3) is 0 Å². The second-order valence-corrected chi connectivity index (χ2v) is 3.22. The number of piperazine rings is 1. The Balaban J connectivity index is 1.86. The maximum Gasteiger partial charge on any atom is 0.0386 e. The molecule has 0 aromatic carbocycles. The number of aromatic amines is 1. The summed E-state index contributed by atoms with van der Waals surface area (Å²) in [5.41, 5.74) is 1.32. The zero-order chi connectivity index (χ0) is 8.23. The third-order valence-corrected chi connectivity index (χ3v) is 2.27. The van der Waals surface area contributed by atoms with Crippen molar-refractivity contribution >= 4 is 0 Å². The summed E-state index contributed by atoms with van der Waals surface area (Å²) >= 11 is 0. The Hall–Kier alpha value is -0.800. The second-order valence-electron chi connectivity index (χ2n) is 3.22. The van der Waals surface area contributed by atoms with Crippen LogP contribution in [0.25, 0.3) is 0 Å². The fraction of sp³-hybridized carbons (Fsp3) is 0.556. The molecule has 1 aromatic rings. The van der Waals surface area contributed by atoms with Crippen LogP contribution in [0.1, 0.15) is 5.69 Å². The Morgan fingerprint density at radius 2 is 2.17 bits per heavy atom. The zero-order valence-electron chi connectivity index (χ0n) is 7.21. The van der Waals surface area contributed by atoms with Gasteiger partial charge in [-0.25, -0.2) is 0 Å². The quantitative estimate of drug-likeness (QED) is 0.665. The van der Waals surface area contributed by atoms with E-state index in [1.807, 2.05) is 6.20 Å². The standard InChI is InChI=1S/C9H15N3/c1-2-9(11-3-1)8-12-6-4-10-5-7-12/h1-3,10-11H,4-8H2. The minimum atomic E-state index is 1.06. The van der Waals surface area contributed by atoms with Crippen molar-refractivity contribution in [3.63, 3.8) is 0 Å². The first-order valence-electron chi connectivity index (χ1n) is 4.50. The molecule has 0 bridgehead atoms. The van der Waals surface area contributed by atoms with E-state index in [1.54, 1.807) is 0 Å². The number of hydrogen-bond donors (Lipinski definition) is 2. The van der Waals surface area contributed by atoms with E-state index >= 15 is 0 Å². The van der Waals surface area contributed by atoms with Crippen molar-refractivity contribution in [1.82, 2.24) is 15.2 Å². The van der Waals surface area contributed by atoms with Crippen molar-refractivity contribution in [2.24, 2.45) is 0 Å². The topological polar surface area (TPSA) is 31.1 Å². The molecule has 1 fully saturated rings. The number of nitrogens with zero attached hydrogens (tertiary/aromatic N) is 1. The SMILES string of the molecule is c1c[nH]c(CN2CCNCC2)c1. The average molecular weight is 165 g/mol. The van der Waals surface area contributed by atoms with Crippen LogP contribution in [0.4, 0.5) is 0 Å². The van der Waals surface area contributed by atoms with Gasteiger partial charge >= 0.3 is 0 Å². The average Bonchev–Trinajstić information content (AvgIpc) is 2.59. The lowest BCUT2D eigenvalue weighted by atomic mass is 10.3. The van der Waals surface area contributed by atoms with E-state index in [9.17, 15) is 0 Å². The molecule has 3 nitrogen and oxygen atoms in total. The van der Waals surface area contributed by atoms with Gasteiger partial charge in [0, 0.05) is 44.6 Å². The molecular weight excluding hydrogens is 150 g/mol. The molecule has 66 valence electrons. The van der Waals surface area contributed by atoms with Crippen LogP contribution in [-0.4, -0.2) is 36.1 Å². The highest BCUT2D eigenvalue weighted by atomic mass is 15.2. The van der Waals surface area contributed by atoms with E-state index in [0.29, 0.717) is 0 Å². The van der Waals surface area contributed by atoms with Crippen LogP contribution >= 0.6 is 0 Å². The molecule has 0 amide bonds. The molecular formula is C9H15N3. The first-order valence-corrected chi connectivity index (χ1v) is 4.50. The smallest absolute Gasteiger partial charge is 0.0386 e. The predicted molar refractivity (Wildman–Crippen MR) is 48.9 cm³/mol. The Morgan fingerprint density at radius 1 is 1.33 bits per heavy atom. The minimum absolute atomic E-state index is 1.06. The highest BCUT2D eigenvalue weighted by Crippen LogP contribution is 2.01. The van der Waals surface area contributed by atoms with Gasteiger partial charge in [0.1, 0.15) is 0 Å². The van der Waals surface area contributed by atoms with Gasteiger partial charge in [-0.3, -0.25) is 4.90 Å². The molecule has 0 unspecified atom stereocenters. The van der Waals surface area contributed by atoms with Crippen molar-refractivity contribution in [3.05, 3.63) is 24.0 Å². The third-order valence-electron chi connectivity index (χ3n) is 2.27. The summed E-state index contributed by atoms with van der Waals surface area (Å²) in [7, 11) is 0. The Labute approximate surface area is 72.8 Å². The summed E-state index contributed by atoms with van der Waals surface area (Å²) in [6.07, 6.45) is 1.98. The van der Waals surface area contributed by atoms with Gasteiger partial charge in [0.2, 0.25) is 0 Å². The van der Waals surface area contributed by atoms with Gasteiger partial charge < -0.3 is 10.3 Å². The van der Waals surface area contributed by atoms with E-state index in [1.165, 1.54) is 18.8 Å². The molecule has 3 heteroatoms. The van der Waals surface area contributed by atoms with Crippen molar-refractivity contribution in [2.75, 3.05) is 26.2 Å². The first kappa shape index (κ1) is 7.83. The number of aromatic nitrogens is 1. The van der Waals surface area contributed by atoms with Gasteiger partial charge in [-0.2, -0.15) is 0 Å². The van der Waals surface area contributed by atoms with Gasteiger partial charge in [-0.15, -0.1) is 0 Å². The number of nitrogens with one attached hydrogen (secondary N) is 2. The molecule has 2 rings (SSSR count). The molecule has 12 heavy (non-hydrogen) atoms. The molecule has 1 aliphatic heterocycles.